The van der Waals surface area contributed by atoms with Crippen molar-refractivity contribution in [3.63, 3.8) is 0 Å². The SMILES string of the molecule is Cn1nc(C(F)(F)F)cc1-c1cnc(C2CCOCC2)o1. The van der Waals surface area contributed by atoms with Gasteiger partial charge in [-0.25, -0.2) is 4.98 Å². The van der Waals surface area contributed by atoms with E-state index >= 15 is 0 Å². The maximum Gasteiger partial charge on any atom is 0.435 e. The summed E-state index contributed by atoms with van der Waals surface area (Å²) < 4.78 is 50.0. The van der Waals surface area contributed by atoms with E-state index in [4.69, 9.17) is 9.15 Å². The van der Waals surface area contributed by atoms with Gasteiger partial charge in [-0.15, -0.1) is 0 Å². The smallest absolute Gasteiger partial charge is 0.435 e. The summed E-state index contributed by atoms with van der Waals surface area (Å²) in [6, 6.07) is 0.967. The fourth-order valence-electron chi connectivity index (χ4n) is 2.38. The normalized spacial score (nSPS) is 17.3. The van der Waals surface area contributed by atoms with Gasteiger partial charge in [-0.1, -0.05) is 0 Å². The van der Waals surface area contributed by atoms with Gasteiger partial charge in [0.2, 0.25) is 0 Å². The molecule has 0 radical (unpaired) electrons. The van der Waals surface area contributed by atoms with Gasteiger partial charge < -0.3 is 9.15 Å². The zero-order valence-corrected chi connectivity index (χ0v) is 11.4. The number of oxazole rings is 1. The lowest BCUT2D eigenvalue weighted by atomic mass is 10.0. The first-order chi connectivity index (χ1) is 9.95. The maximum atomic E-state index is 12.7. The molecule has 2 aromatic rings. The Hall–Kier alpha value is -1.83. The Morgan fingerprint density at radius 1 is 1.29 bits per heavy atom. The van der Waals surface area contributed by atoms with Crippen LogP contribution < -0.4 is 0 Å². The van der Waals surface area contributed by atoms with E-state index in [1.807, 2.05) is 0 Å². The third-order valence-corrected chi connectivity index (χ3v) is 3.52. The molecule has 5 nitrogen and oxygen atoms in total. The predicted octanol–water partition coefficient (Wildman–Crippen LogP) is 2.99. The molecule has 1 saturated heterocycles. The highest BCUT2D eigenvalue weighted by molar-refractivity contribution is 5.52. The van der Waals surface area contributed by atoms with Gasteiger partial charge in [-0.2, -0.15) is 18.3 Å². The molecule has 0 atom stereocenters. The Balaban J connectivity index is 1.87. The summed E-state index contributed by atoms with van der Waals surface area (Å²) in [5, 5.41) is 3.46. The zero-order valence-electron chi connectivity index (χ0n) is 11.4. The second-order valence-electron chi connectivity index (χ2n) is 4.99. The van der Waals surface area contributed by atoms with E-state index in [-0.39, 0.29) is 11.6 Å². The van der Waals surface area contributed by atoms with Crippen LogP contribution in [0.5, 0.6) is 0 Å². The number of ether oxygens (including phenoxy) is 1. The van der Waals surface area contributed by atoms with Crippen molar-refractivity contribution >= 4 is 0 Å². The third kappa shape index (κ3) is 2.80. The summed E-state index contributed by atoms with van der Waals surface area (Å²) in [6.45, 7) is 1.29. The Morgan fingerprint density at radius 2 is 2.00 bits per heavy atom. The van der Waals surface area contributed by atoms with Gasteiger partial charge >= 0.3 is 6.18 Å². The standard InChI is InChI=1S/C13H14F3N3O2/c1-19-9(6-11(18-19)13(14,15)16)10-7-17-12(21-10)8-2-4-20-5-3-8/h6-8H,2-5H2,1H3. The molecule has 1 fully saturated rings. The number of hydrogen-bond donors (Lipinski definition) is 0. The second-order valence-corrected chi connectivity index (χ2v) is 4.99. The lowest BCUT2D eigenvalue weighted by molar-refractivity contribution is -0.141. The minimum absolute atomic E-state index is 0.155. The molecule has 114 valence electrons. The van der Waals surface area contributed by atoms with Crippen molar-refractivity contribution in [1.29, 1.82) is 0 Å². The maximum absolute atomic E-state index is 12.7. The van der Waals surface area contributed by atoms with Crippen LogP contribution in [0.4, 0.5) is 13.2 Å². The number of aryl methyl sites for hydroxylation is 1. The highest BCUT2D eigenvalue weighted by Gasteiger charge is 2.35. The van der Waals surface area contributed by atoms with E-state index in [0.29, 0.717) is 24.9 Å². The van der Waals surface area contributed by atoms with Gasteiger partial charge in [0.1, 0.15) is 5.69 Å². The van der Waals surface area contributed by atoms with Crippen LogP contribution in [0.25, 0.3) is 11.5 Å². The van der Waals surface area contributed by atoms with Crippen molar-refractivity contribution in [2.75, 3.05) is 13.2 Å². The number of hydrogen-bond acceptors (Lipinski definition) is 4. The quantitative estimate of drug-likeness (QED) is 0.855. The Bertz CT molecular complexity index is 627. The van der Waals surface area contributed by atoms with Crippen LogP contribution in [-0.2, 0) is 18.0 Å². The fourth-order valence-corrected chi connectivity index (χ4v) is 2.38. The minimum Gasteiger partial charge on any atom is -0.439 e. The van der Waals surface area contributed by atoms with Crippen LogP contribution in [0.3, 0.4) is 0 Å². The average molecular weight is 301 g/mol. The van der Waals surface area contributed by atoms with Gasteiger partial charge in [-0.05, 0) is 18.9 Å². The molecule has 0 N–H and O–H groups in total. The predicted molar refractivity (Wildman–Crippen MR) is 66.5 cm³/mol. The molecule has 1 aliphatic rings. The molecular formula is C13H14F3N3O2. The molecule has 0 amide bonds. The van der Waals surface area contributed by atoms with Gasteiger partial charge in [0, 0.05) is 26.2 Å². The fraction of sp³-hybridized carbons (Fsp3) is 0.538. The van der Waals surface area contributed by atoms with E-state index in [9.17, 15) is 13.2 Å². The van der Waals surface area contributed by atoms with Gasteiger partial charge in [0.05, 0.1) is 6.20 Å². The number of halogens is 3. The molecule has 0 unspecified atom stereocenters. The Morgan fingerprint density at radius 3 is 2.62 bits per heavy atom. The van der Waals surface area contributed by atoms with Crippen LogP contribution in [0.15, 0.2) is 16.7 Å². The van der Waals surface area contributed by atoms with Crippen molar-refractivity contribution < 1.29 is 22.3 Å². The monoisotopic (exact) mass is 301 g/mol. The summed E-state index contributed by atoms with van der Waals surface area (Å²) in [5.41, 5.74) is -0.683. The van der Waals surface area contributed by atoms with E-state index in [0.717, 1.165) is 23.6 Å². The summed E-state index contributed by atoms with van der Waals surface area (Å²) in [7, 11) is 1.45. The molecule has 21 heavy (non-hydrogen) atoms. The van der Waals surface area contributed by atoms with Crippen molar-refractivity contribution in [2.24, 2.45) is 7.05 Å². The number of nitrogens with zero attached hydrogens (tertiary/aromatic N) is 3. The molecular weight excluding hydrogens is 287 g/mol. The summed E-state index contributed by atoms with van der Waals surface area (Å²) in [4.78, 5) is 4.18. The number of rotatable bonds is 2. The first kappa shape index (κ1) is 14.1. The largest absolute Gasteiger partial charge is 0.439 e. The van der Waals surface area contributed by atoms with Crippen molar-refractivity contribution in [2.45, 2.75) is 24.9 Å². The van der Waals surface area contributed by atoms with Crippen LogP contribution in [-0.4, -0.2) is 28.0 Å². The number of aromatic nitrogens is 3. The Kier molecular flexibility index (Phi) is 3.48. The summed E-state index contributed by atoms with van der Waals surface area (Å²) in [5.74, 6) is 0.993. The topological polar surface area (TPSA) is 53.1 Å². The molecule has 0 bridgehead atoms. The Labute approximate surface area is 118 Å². The van der Waals surface area contributed by atoms with Crippen LogP contribution in [0, 0.1) is 0 Å². The first-order valence-electron chi connectivity index (χ1n) is 6.60. The molecule has 0 aromatic carbocycles. The summed E-state index contributed by atoms with van der Waals surface area (Å²) >= 11 is 0. The van der Waals surface area contributed by atoms with Gasteiger partial charge in [0.15, 0.2) is 17.3 Å². The van der Waals surface area contributed by atoms with Crippen LogP contribution >= 0.6 is 0 Å². The van der Waals surface area contributed by atoms with Gasteiger partial charge in [-0.3, -0.25) is 4.68 Å². The molecule has 0 saturated carbocycles. The third-order valence-electron chi connectivity index (χ3n) is 3.52. The lowest BCUT2D eigenvalue weighted by Gasteiger charge is -2.18. The van der Waals surface area contributed by atoms with E-state index in [2.05, 4.69) is 10.1 Å². The van der Waals surface area contributed by atoms with Crippen LogP contribution in [0.1, 0.15) is 30.3 Å². The zero-order chi connectivity index (χ0) is 15.0. The van der Waals surface area contributed by atoms with Crippen molar-refractivity contribution in [3.05, 3.63) is 23.8 Å². The summed E-state index contributed by atoms with van der Waals surface area (Å²) in [6.07, 6.45) is -1.42. The first-order valence-corrected chi connectivity index (χ1v) is 6.60. The van der Waals surface area contributed by atoms with E-state index in [1.54, 1.807) is 0 Å². The highest BCUT2D eigenvalue weighted by atomic mass is 19.4. The van der Waals surface area contributed by atoms with E-state index < -0.39 is 11.9 Å². The van der Waals surface area contributed by atoms with E-state index in [1.165, 1.54) is 13.2 Å². The molecule has 3 rings (SSSR count). The number of alkyl halides is 3. The molecule has 1 aliphatic heterocycles. The molecule has 2 aromatic heterocycles. The minimum atomic E-state index is -4.47. The van der Waals surface area contributed by atoms with Gasteiger partial charge in [0.25, 0.3) is 0 Å². The molecule has 3 heterocycles. The lowest BCUT2D eigenvalue weighted by Crippen LogP contribution is -2.14. The van der Waals surface area contributed by atoms with Crippen molar-refractivity contribution in [1.82, 2.24) is 14.8 Å². The molecule has 0 spiro atoms. The average Bonchev–Trinajstić information content (AvgIpc) is 3.05. The highest BCUT2D eigenvalue weighted by Crippen LogP contribution is 2.33. The molecule has 8 heteroatoms. The molecule has 0 aliphatic carbocycles. The van der Waals surface area contributed by atoms with Crippen LogP contribution in [0.2, 0.25) is 0 Å². The van der Waals surface area contributed by atoms with Crippen molar-refractivity contribution in [3.8, 4) is 11.5 Å². The second kappa shape index (κ2) is 5.18.